The minimum absolute atomic E-state index is 0.0491. The van der Waals surface area contributed by atoms with Crippen LogP contribution in [0.4, 0.5) is 10.1 Å². The van der Waals surface area contributed by atoms with Crippen LogP contribution in [0.1, 0.15) is 31.0 Å². The van der Waals surface area contributed by atoms with Gasteiger partial charge in [0.1, 0.15) is 5.82 Å². The number of nitrogens with zero attached hydrogens (tertiary/aromatic N) is 1. The van der Waals surface area contributed by atoms with E-state index in [0.29, 0.717) is 0 Å². The van der Waals surface area contributed by atoms with Crippen LogP contribution in [0.5, 0.6) is 5.75 Å². The van der Waals surface area contributed by atoms with Gasteiger partial charge < -0.3 is 10.1 Å². The second-order valence-electron chi connectivity index (χ2n) is 6.36. The minimum atomic E-state index is -0.553. The van der Waals surface area contributed by atoms with E-state index in [2.05, 4.69) is 5.32 Å². The van der Waals surface area contributed by atoms with E-state index in [-0.39, 0.29) is 35.8 Å². The molecule has 0 saturated heterocycles. The molecule has 1 atom stereocenters. The Morgan fingerprint density at radius 3 is 2.46 bits per heavy atom. The molecule has 1 unspecified atom stereocenters. The minimum Gasteiger partial charge on any atom is -0.477 e. The highest BCUT2D eigenvalue weighted by molar-refractivity contribution is 5.78. The van der Waals surface area contributed by atoms with Gasteiger partial charge in [0, 0.05) is 6.07 Å². The van der Waals surface area contributed by atoms with Gasteiger partial charge in [-0.1, -0.05) is 32.0 Å². The summed E-state index contributed by atoms with van der Waals surface area (Å²) in [6, 6.07) is 10.1. The number of carbonyl (C=O) groups is 1. The number of aryl methyl sites for hydroxylation is 1. The van der Waals surface area contributed by atoms with Crippen molar-refractivity contribution in [3.05, 3.63) is 69.5 Å². The summed E-state index contributed by atoms with van der Waals surface area (Å²) in [6.45, 7) is 5.29. The van der Waals surface area contributed by atoms with Crippen LogP contribution >= 0.6 is 0 Å². The molecule has 0 bridgehead atoms. The lowest BCUT2D eigenvalue weighted by atomic mass is 9.96. The van der Waals surface area contributed by atoms with Gasteiger partial charge in [-0.3, -0.25) is 14.9 Å². The lowest BCUT2D eigenvalue weighted by Crippen LogP contribution is -2.35. The topological polar surface area (TPSA) is 81.5 Å². The van der Waals surface area contributed by atoms with Gasteiger partial charge >= 0.3 is 5.69 Å². The summed E-state index contributed by atoms with van der Waals surface area (Å²) in [7, 11) is 0. The van der Waals surface area contributed by atoms with E-state index in [1.54, 1.807) is 25.1 Å². The fourth-order valence-corrected chi connectivity index (χ4v) is 2.55. The van der Waals surface area contributed by atoms with Crippen molar-refractivity contribution < 1.29 is 18.8 Å². The lowest BCUT2D eigenvalue weighted by Gasteiger charge is -2.23. The summed E-state index contributed by atoms with van der Waals surface area (Å²) in [5.74, 6) is -0.646. The summed E-state index contributed by atoms with van der Waals surface area (Å²) >= 11 is 0. The molecule has 0 aliphatic heterocycles. The molecule has 0 heterocycles. The highest BCUT2D eigenvalue weighted by Crippen LogP contribution is 2.28. The Balaban J connectivity index is 2.06. The SMILES string of the molecule is Cc1ccc([N+](=O)[O-])c(OCC(=O)NC(c2ccc(F)cc2)C(C)C)c1. The molecule has 7 heteroatoms. The Bertz CT molecular complexity index is 791. The van der Waals surface area contributed by atoms with Gasteiger partial charge in [0.2, 0.25) is 0 Å². The predicted octanol–water partition coefficient (Wildman–Crippen LogP) is 3.93. The third kappa shape index (κ3) is 5.02. The number of hydrogen-bond acceptors (Lipinski definition) is 4. The van der Waals surface area contributed by atoms with Crippen LogP contribution in [0, 0.1) is 28.8 Å². The van der Waals surface area contributed by atoms with E-state index in [0.717, 1.165) is 11.1 Å². The number of nitro benzene ring substituents is 1. The molecule has 2 rings (SSSR count). The van der Waals surface area contributed by atoms with E-state index >= 15 is 0 Å². The molecule has 2 aromatic carbocycles. The Morgan fingerprint density at radius 1 is 1.23 bits per heavy atom. The molecular weight excluding hydrogens is 339 g/mol. The number of hydrogen-bond donors (Lipinski definition) is 1. The van der Waals surface area contributed by atoms with Gasteiger partial charge in [-0.05, 0) is 42.2 Å². The molecule has 2 aromatic rings. The van der Waals surface area contributed by atoms with Crippen molar-refractivity contribution in [2.45, 2.75) is 26.8 Å². The fourth-order valence-electron chi connectivity index (χ4n) is 2.55. The summed E-state index contributed by atoms with van der Waals surface area (Å²) < 4.78 is 18.5. The first-order chi connectivity index (χ1) is 12.3. The number of halogens is 1. The molecule has 0 aromatic heterocycles. The fraction of sp³-hybridized carbons (Fsp3) is 0.316. The van der Waals surface area contributed by atoms with E-state index in [4.69, 9.17) is 4.74 Å². The van der Waals surface area contributed by atoms with Crippen molar-refractivity contribution in [3.8, 4) is 5.75 Å². The van der Waals surface area contributed by atoms with Gasteiger partial charge in [0.25, 0.3) is 5.91 Å². The largest absolute Gasteiger partial charge is 0.477 e. The molecule has 0 radical (unpaired) electrons. The monoisotopic (exact) mass is 360 g/mol. The number of carbonyl (C=O) groups excluding carboxylic acids is 1. The molecule has 138 valence electrons. The maximum Gasteiger partial charge on any atom is 0.310 e. The quantitative estimate of drug-likeness (QED) is 0.599. The van der Waals surface area contributed by atoms with Crippen LogP contribution < -0.4 is 10.1 Å². The van der Waals surface area contributed by atoms with Crippen molar-refractivity contribution in [2.75, 3.05) is 6.61 Å². The van der Waals surface area contributed by atoms with Crippen LogP contribution in [-0.2, 0) is 4.79 Å². The highest BCUT2D eigenvalue weighted by atomic mass is 19.1. The molecule has 1 amide bonds. The normalized spacial score (nSPS) is 11.9. The van der Waals surface area contributed by atoms with Crippen molar-refractivity contribution in [3.63, 3.8) is 0 Å². The first-order valence-corrected chi connectivity index (χ1v) is 8.20. The van der Waals surface area contributed by atoms with E-state index in [9.17, 15) is 19.3 Å². The average molecular weight is 360 g/mol. The van der Waals surface area contributed by atoms with Gasteiger partial charge in [-0.2, -0.15) is 0 Å². The Morgan fingerprint density at radius 2 is 1.88 bits per heavy atom. The van der Waals surface area contributed by atoms with Crippen molar-refractivity contribution in [1.29, 1.82) is 0 Å². The second kappa shape index (κ2) is 8.42. The number of nitrogens with one attached hydrogen (secondary N) is 1. The number of benzene rings is 2. The van der Waals surface area contributed by atoms with E-state index < -0.39 is 10.8 Å². The van der Waals surface area contributed by atoms with Gasteiger partial charge in [-0.15, -0.1) is 0 Å². The molecule has 0 spiro atoms. The number of amides is 1. The van der Waals surface area contributed by atoms with E-state index in [1.807, 2.05) is 13.8 Å². The summed E-state index contributed by atoms with van der Waals surface area (Å²) in [4.78, 5) is 22.8. The summed E-state index contributed by atoms with van der Waals surface area (Å²) in [5.41, 5.74) is 1.37. The first-order valence-electron chi connectivity index (χ1n) is 8.20. The van der Waals surface area contributed by atoms with Crippen LogP contribution in [0.25, 0.3) is 0 Å². The molecule has 0 saturated carbocycles. The third-order valence-electron chi connectivity index (χ3n) is 3.88. The summed E-state index contributed by atoms with van der Waals surface area (Å²) in [5, 5.41) is 13.9. The highest BCUT2D eigenvalue weighted by Gasteiger charge is 2.20. The molecule has 0 aliphatic rings. The van der Waals surface area contributed by atoms with Crippen LogP contribution in [-0.4, -0.2) is 17.4 Å². The standard InChI is InChI=1S/C19H21FN2O4/c1-12(2)19(14-5-7-15(20)8-6-14)21-18(23)11-26-17-10-13(3)4-9-16(17)22(24)25/h4-10,12,19H,11H2,1-3H3,(H,21,23). The number of ether oxygens (including phenoxy) is 1. The maximum absolute atomic E-state index is 13.1. The van der Waals surface area contributed by atoms with Gasteiger partial charge in [0.15, 0.2) is 12.4 Å². The third-order valence-corrected chi connectivity index (χ3v) is 3.88. The smallest absolute Gasteiger partial charge is 0.310 e. The molecule has 6 nitrogen and oxygen atoms in total. The Kier molecular flexibility index (Phi) is 6.27. The van der Waals surface area contributed by atoms with Gasteiger partial charge in [-0.25, -0.2) is 4.39 Å². The average Bonchev–Trinajstić information content (AvgIpc) is 2.58. The lowest BCUT2D eigenvalue weighted by molar-refractivity contribution is -0.385. The number of nitro groups is 1. The van der Waals surface area contributed by atoms with E-state index in [1.165, 1.54) is 24.3 Å². The van der Waals surface area contributed by atoms with Crippen LogP contribution in [0.2, 0.25) is 0 Å². The maximum atomic E-state index is 13.1. The second-order valence-corrected chi connectivity index (χ2v) is 6.36. The van der Waals surface area contributed by atoms with Gasteiger partial charge in [0.05, 0.1) is 11.0 Å². The molecule has 26 heavy (non-hydrogen) atoms. The predicted molar refractivity (Wildman–Crippen MR) is 95.5 cm³/mol. The molecule has 0 aliphatic carbocycles. The Labute approximate surface area is 151 Å². The van der Waals surface area contributed by atoms with Crippen molar-refractivity contribution in [2.24, 2.45) is 5.92 Å². The zero-order valence-corrected chi connectivity index (χ0v) is 14.9. The zero-order chi connectivity index (χ0) is 19.3. The van der Waals surface area contributed by atoms with Crippen LogP contribution in [0.3, 0.4) is 0 Å². The van der Waals surface area contributed by atoms with Crippen LogP contribution in [0.15, 0.2) is 42.5 Å². The Hall–Kier alpha value is -2.96. The first kappa shape index (κ1) is 19.4. The number of rotatable bonds is 7. The molecular formula is C19H21FN2O4. The molecule has 0 fully saturated rings. The molecule has 1 N–H and O–H groups in total. The summed E-state index contributed by atoms with van der Waals surface area (Å²) in [6.07, 6.45) is 0. The van der Waals surface area contributed by atoms with Crippen molar-refractivity contribution in [1.82, 2.24) is 5.32 Å². The van der Waals surface area contributed by atoms with Crippen molar-refractivity contribution >= 4 is 11.6 Å². The zero-order valence-electron chi connectivity index (χ0n) is 14.9.